The highest BCUT2D eigenvalue weighted by atomic mass is 19.1. The zero-order valence-electron chi connectivity index (χ0n) is 9.26. The van der Waals surface area contributed by atoms with E-state index in [1.54, 1.807) is 0 Å². The third-order valence-corrected chi connectivity index (χ3v) is 3.13. The van der Waals surface area contributed by atoms with Crippen LogP contribution in [-0.4, -0.2) is 35.0 Å². The van der Waals surface area contributed by atoms with Gasteiger partial charge < -0.3 is 10.0 Å². The fraction of sp³-hybridized carbons (Fsp3) is 0.333. The number of carboxylic acids is 1. The van der Waals surface area contributed by atoms with Crippen molar-refractivity contribution in [1.82, 2.24) is 4.90 Å². The second-order valence-electron chi connectivity index (χ2n) is 4.14. The minimum Gasteiger partial charge on any atom is -0.480 e. The molecule has 0 saturated carbocycles. The lowest BCUT2D eigenvalue weighted by atomic mass is 9.96. The summed E-state index contributed by atoms with van der Waals surface area (Å²) in [7, 11) is 1.48. The second kappa shape index (κ2) is 4.16. The van der Waals surface area contributed by atoms with E-state index in [1.165, 1.54) is 36.2 Å². The first kappa shape index (κ1) is 11.6. The monoisotopic (exact) mass is 237 g/mol. The Balaban J connectivity index is 2.26. The lowest BCUT2D eigenvalue weighted by Gasteiger charge is -2.14. The number of likely N-dealkylation sites (tertiary alicyclic amines) is 1. The zero-order valence-corrected chi connectivity index (χ0v) is 9.26. The molecule has 4 nitrogen and oxygen atoms in total. The predicted molar refractivity (Wildman–Crippen MR) is 58.0 cm³/mol. The van der Waals surface area contributed by atoms with Crippen molar-refractivity contribution in [2.45, 2.75) is 18.4 Å². The van der Waals surface area contributed by atoms with Crippen LogP contribution in [0.4, 0.5) is 4.39 Å². The highest BCUT2D eigenvalue weighted by molar-refractivity contribution is 5.92. The molecule has 90 valence electrons. The zero-order chi connectivity index (χ0) is 12.6. The average Bonchev–Trinajstić information content (AvgIpc) is 2.58. The van der Waals surface area contributed by atoms with Crippen LogP contribution in [0.15, 0.2) is 24.3 Å². The summed E-state index contributed by atoms with van der Waals surface area (Å²) in [6.45, 7) is 0. The van der Waals surface area contributed by atoms with Crippen molar-refractivity contribution in [1.29, 1.82) is 0 Å². The first-order valence-electron chi connectivity index (χ1n) is 5.25. The summed E-state index contributed by atoms with van der Waals surface area (Å²) >= 11 is 0. The molecule has 1 amide bonds. The van der Waals surface area contributed by atoms with Gasteiger partial charge in [0.1, 0.15) is 11.9 Å². The molecule has 1 saturated heterocycles. The van der Waals surface area contributed by atoms with Gasteiger partial charge in [-0.05, 0) is 24.1 Å². The van der Waals surface area contributed by atoms with Gasteiger partial charge in [0.15, 0.2) is 0 Å². The maximum Gasteiger partial charge on any atom is 0.326 e. The molecule has 0 aromatic heterocycles. The quantitative estimate of drug-likeness (QED) is 0.841. The Morgan fingerprint density at radius 1 is 1.41 bits per heavy atom. The SMILES string of the molecule is CN1C(=O)C(c2ccc(F)cc2)CC1C(=O)O. The molecular weight excluding hydrogens is 225 g/mol. The van der Waals surface area contributed by atoms with Crippen LogP contribution >= 0.6 is 0 Å². The van der Waals surface area contributed by atoms with E-state index in [9.17, 15) is 14.0 Å². The largest absolute Gasteiger partial charge is 0.480 e. The molecule has 17 heavy (non-hydrogen) atoms. The number of nitrogens with zero attached hydrogens (tertiary/aromatic N) is 1. The first-order valence-corrected chi connectivity index (χ1v) is 5.25. The number of aliphatic carboxylic acids is 1. The van der Waals surface area contributed by atoms with Crippen molar-refractivity contribution in [2.24, 2.45) is 0 Å². The molecule has 1 aromatic carbocycles. The Labute approximate surface area is 97.7 Å². The van der Waals surface area contributed by atoms with Gasteiger partial charge in [-0.2, -0.15) is 0 Å². The Morgan fingerprint density at radius 2 is 2.00 bits per heavy atom. The number of carbonyl (C=O) groups is 2. The first-order chi connectivity index (χ1) is 8.00. The van der Waals surface area contributed by atoms with E-state index in [4.69, 9.17) is 5.11 Å². The summed E-state index contributed by atoms with van der Waals surface area (Å²) in [5, 5.41) is 8.96. The molecular formula is C12H12FNO3. The van der Waals surface area contributed by atoms with Gasteiger partial charge >= 0.3 is 5.97 Å². The molecule has 1 heterocycles. The molecule has 1 aliphatic rings. The number of hydrogen-bond acceptors (Lipinski definition) is 2. The summed E-state index contributed by atoms with van der Waals surface area (Å²) in [6.07, 6.45) is 0.232. The van der Waals surface area contributed by atoms with E-state index in [1.807, 2.05) is 0 Å². The molecule has 2 unspecified atom stereocenters. The van der Waals surface area contributed by atoms with Gasteiger partial charge in [0.05, 0.1) is 5.92 Å². The number of hydrogen-bond donors (Lipinski definition) is 1. The third-order valence-electron chi connectivity index (χ3n) is 3.13. The van der Waals surface area contributed by atoms with E-state index in [0.717, 1.165) is 0 Å². The van der Waals surface area contributed by atoms with Crippen molar-refractivity contribution >= 4 is 11.9 Å². The molecule has 5 heteroatoms. The van der Waals surface area contributed by atoms with E-state index < -0.39 is 17.9 Å². The number of carboxylic acid groups (broad SMARTS) is 1. The third kappa shape index (κ3) is 2.00. The molecule has 0 aliphatic carbocycles. The van der Waals surface area contributed by atoms with Crippen LogP contribution in [0, 0.1) is 5.82 Å². The molecule has 1 aromatic rings. The Bertz CT molecular complexity index is 457. The molecule has 2 atom stereocenters. The molecule has 0 bridgehead atoms. The fourth-order valence-corrected chi connectivity index (χ4v) is 2.12. The molecule has 2 rings (SSSR count). The summed E-state index contributed by atoms with van der Waals surface area (Å²) in [6, 6.07) is 4.80. The van der Waals surface area contributed by atoms with Gasteiger partial charge in [-0.15, -0.1) is 0 Å². The van der Waals surface area contributed by atoms with Crippen LogP contribution in [0.5, 0.6) is 0 Å². The van der Waals surface area contributed by atoms with Gasteiger partial charge in [0.25, 0.3) is 0 Å². The van der Waals surface area contributed by atoms with Gasteiger partial charge in [0, 0.05) is 7.05 Å². The smallest absolute Gasteiger partial charge is 0.326 e. The highest BCUT2D eigenvalue weighted by Gasteiger charge is 2.41. The lowest BCUT2D eigenvalue weighted by molar-refractivity contribution is -0.145. The van der Waals surface area contributed by atoms with Crippen molar-refractivity contribution in [2.75, 3.05) is 7.05 Å². The number of likely N-dealkylation sites (N-methyl/N-ethyl adjacent to an activating group) is 1. The molecule has 0 radical (unpaired) electrons. The minimum atomic E-state index is -1.01. The maximum atomic E-state index is 12.8. The summed E-state index contributed by atoms with van der Waals surface area (Å²) < 4.78 is 12.8. The fourth-order valence-electron chi connectivity index (χ4n) is 2.12. The number of rotatable bonds is 2. The maximum absolute atomic E-state index is 12.8. The van der Waals surface area contributed by atoms with Crippen molar-refractivity contribution in [3.8, 4) is 0 Å². The van der Waals surface area contributed by atoms with Crippen LogP contribution < -0.4 is 0 Å². The Morgan fingerprint density at radius 3 is 2.47 bits per heavy atom. The van der Waals surface area contributed by atoms with Crippen LogP contribution in [0.2, 0.25) is 0 Å². The van der Waals surface area contributed by atoms with Crippen molar-refractivity contribution in [3.63, 3.8) is 0 Å². The van der Waals surface area contributed by atoms with Crippen molar-refractivity contribution < 1.29 is 19.1 Å². The van der Waals surface area contributed by atoms with Crippen LogP contribution in [-0.2, 0) is 9.59 Å². The molecule has 0 spiro atoms. The predicted octanol–water partition coefficient (Wildman–Crippen LogP) is 1.22. The number of carbonyl (C=O) groups excluding carboxylic acids is 1. The Kier molecular flexibility index (Phi) is 2.83. The van der Waals surface area contributed by atoms with Crippen LogP contribution in [0.3, 0.4) is 0 Å². The topological polar surface area (TPSA) is 57.6 Å². The minimum absolute atomic E-state index is 0.232. The van der Waals surface area contributed by atoms with E-state index in [2.05, 4.69) is 0 Å². The van der Waals surface area contributed by atoms with Crippen LogP contribution in [0.25, 0.3) is 0 Å². The summed E-state index contributed by atoms with van der Waals surface area (Å²) in [5.41, 5.74) is 0.659. The van der Waals surface area contributed by atoms with Crippen LogP contribution in [0.1, 0.15) is 17.9 Å². The normalized spacial score (nSPS) is 24.1. The van der Waals surface area contributed by atoms with E-state index in [0.29, 0.717) is 5.56 Å². The standard InChI is InChI=1S/C12H12FNO3/c1-14-10(12(16)17)6-9(11(14)15)7-2-4-8(13)5-3-7/h2-5,9-10H,6H2,1H3,(H,16,17). The molecule has 1 aliphatic heterocycles. The number of benzene rings is 1. The highest BCUT2D eigenvalue weighted by Crippen LogP contribution is 2.32. The summed E-state index contributed by atoms with van der Waals surface area (Å²) in [5.74, 6) is -2.10. The summed E-state index contributed by atoms with van der Waals surface area (Å²) in [4.78, 5) is 24.0. The van der Waals surface area contributed by atoms with Crippen molar-refractivity contribution in [3.05, 3.63) is 35.6 Å². The van der Waals surface area contributed by atoms with Gasteiger partial charge in [-0.1, -0.05) is 12.1 Å². The second-order valence-corrected chi connectivity index (χ2v) is 4.14. The average molecular weight is 237 g/mol. The molecule has 1 fully saturated rings. The van der Waals surface area contributed by atoms with E-state index >= 15 is 0 Å². The Hall–Kier alpha value is -1.91. The van der Waals surface area contributed by atoms with Gasteiger partial charge in [-0.25, -0.2) is 9.18 Å². The van der Waals surface area contributed by atoms with Gasteiger partial charge in [-0.3, -0.25) is 4.79 Å². The van der Waals surface area contributed by atoms with E-state index in [-0.39, 0.29) is 18.1 Å². The number of halogens is 1. The molecule has 1 N–H and O–H groups in total. The van der Waals surface area contributed by atoms with Gasteiger partial charge in [0.2, 0.25) is 5.91 Å². The lowest BCUT2D eigenvalue weighted by Crippen LogP contribution is -2.35. The number of amides is 1.